The summed E-state index contributed by atoms with van der Waals surface area (Å²) >= 11 is 3.44. The number of halogens is 1. The first kappa shape index (κ1) is 17.7. The quantitative estimate of drug-likeness (QED) is 0.791. The molecule has 3 nitrogen and oxygen atoms in total. The van der Waals surface area contributed by atoms with E-state index in [1.165, 1.54) is 5.56 Å². The van der Waals surface area contributed by atoms with E-state index in [0.29, 0.717) is 0 Å². The molecule has 0 radical (unpaired) electrons. The molecule has 23 heavy (non-hydrogen) atoms. The minimum Gasteiger partial charge on any atom is -0.324 e. The summed E-state index contributed by atoms with van der Waals surface area (Å²) in [6.45, 7) is 6.77. The second-order valence-electron chi connectivity index (χ2n) is 6.62. The van der Waals surface area contributed by atoms with Crippen LogP contribution in [-0.2, 0) is 4.79 Å². The smallest absolute Gasteiger partial charge is 0.238 e. The normalized spacial score (nSPS) is 12.7. The Labute approximate surface area is 146 Å². The van der Waals surface area contributed by atoms with Crippen molar-refractivity contribution in [2.45, 2.75) is 26.8 Å². The third-order valence-electron chi connectivity index (χ3n) is 3.61. The molecule has 122 valence electrons. The number of anilines is 1. The minimum atomic E-state index is -0.0536. The second kappa shape index (κ2) is 7.75. The Morgan fingerprint density at radius 2 is 1.65 bits per heavy atom. The molecule has 0 saturated carbocycles. The van der Waals surface area contributed by atoms with Gasteiger partial charge in [-0.2, -0.15) is 0 Å². The maximum atomic E-state index is 12.2. The van der Waals surface area contributed by atoms with Crippen molar-refractivity contribution in [1.29, 1.82) is 0 Å². The SMILES string of the molecule is CC(C)(C)[C@@H](NCC(=O)Nc1ccccc1Br)c1ccccc1. The lowest BCUT2D eigenvalue weighted by Crippen LogP contribution is -2.37. The van der Waals surface area contributed by atoms with Gasteiger partial charge in [0.2, 0.25) is 5.91 Å². The summed E-state index contributed by atoms with van der Waals surface area (Å²) < 4.78 is 0.879. The number of carbonyl (C=O) groups excluding carboxylic acids is 1. The van der Waals surface area contributed by atoms with Gasteiger partial charge in [-0.3, -0.25) is 4.79 Å². The van der Waals surface area contributed by atoms with Crippen molar-refractivity contribution in [2.75, 3.05) is 11.9 Å². The highest BCUT2D eigenvalue weighted by atomic mass is 79.9. The van der Waals surface area contributed by atoms with Gasteiger partial charge in [0.05, 0.1) is 12.2 Å². The van der Waals surface area contributed by atoms with Crippen LogP contribution in [0.1, 0.15) is 32.4 Å². The number of para-hydroxylation sites is 1. The molecule has 4 heteroatoms. The maximum absolute atomic E-state index is 12.2. The summed E-state index contributed by atoms with van der Waals surface area (Å²) in [5.74, 6) is -0.0536. The lowest BCUT2D eigenvalue weighted by Gasteiger charge is -2.32. The van der Waals surface area contributed by atoms with Gasteiger partial charge in [0.25, 0.3) is 0 Å². The number of hydrogen-bond donors (Lipinski definition) is 2. The molecule has 0 fully saturated rings. The number of benzene rings is 2. The molecule has 2 aromatic rings. The standard InChI is InChI=1S/C19H23BrN2O/c1-19(2,3)18(14-9-5-4-6-10-14)21-13-17(23)22-16-12-8-7-11-15(16)20/h4-12,18,21H,13H2,1-3H3,(H,22,23)/t18-/m0/s1. The molecule has 0 aliphatic carbocycles. The zero-order chi connectivity index (χ0) is 16.9. The molecule has 2 N–H and O–H groups in total. The van der Waals surface area contributed by atoms with Crippen molar-refractivity contribution in [3.8, 4) is 0 Å². The molecule has 1 amide bonds. The van der Waals surface area contributed by atoms with E-state index in [2.05, 4.69) is 59.5 Å². The van der Waals surface area contributed by atoms with Crippen LogP contribution in [0.15, 0.2) is 59.1 Å². The number of hydrogen-bond acceptors (Lipinski definition) is 2. The summed E-state index contributed by atoms with van der Waals surface area (Å²) in [4.78, 5) is 12.2. The fourth-order valence-electron chi connectivity index (χ4n) is 2.52. The topological polar surface area (TPSA) is 41.1 Å². The molecule has 0 saturated heterocycles. The third-order valence-corrected chi connectivity index (χ3v) is 4.31. The van der Waals surface area contributed by atoms with Crippen LogP contribution in [0.4, 0.5) is 5.69 Å². The highest BCUT2D eigenvalue weighted by Gasteiger charge is 2.26. The van der Waals surface area contributed by atoms with Crippen molar-refractivity contribution >= 4 is 27.5 Å². The van der Waals surface area contributed by atoms with E-state index in [0.717, 1.165) is 10.2 Å². The maximum Gasteiger partial charge on any atom is 0.238 e. The molecule has 0 aliphatic heterocycles. The lowest BCUT2D eigenvalue weighted by atomic mass is 9.82. The molecule has 0 bridgehead atoms. The average molecular weight is 375 g/mol. The van der Waals surface area contributed by atoms with Crippen LogP contribution in [0.3, 0.4) is 0 Å². The van der Waals surface area contributed by atoms with Gasteiger partial charge in [0.15, 0.2) is 0 Å². The van der Waals surface area contributed by atoms with Gasteiger partial charge in [-0.25, -0.2) is 0 Å². The van der Waals surface area contributed by atoms with E-state index in [9.17, 15) is 4.79 Å². The zero-order valence-corrected chi connectivity index (χ0v) is 15.4. The molecule has 0 heterocycles. The molecule has 0 aromatic heterocycles. The zero-order valence-electron chi connectivity index (χ0n) is 13.8. The Hall–Kier alpha value is -1.65. The predicted molar refractivity (Wildman–Crippen MR) is 99.4 cm³/mol. The van der Waals surface area contributed by atoms with Gasteiger partial charge >= 0.3 is 0 Å². The number of amides is 1. The van der Waals surface area contributed by atoms with Crippen molar-refractivity contribution in [1.82, 2.24) is 5.32 Å². The van der Waals surface area contributed by atoms with Crippen molar-refractivity contribution < 1.29 is 4.79 Å². The summed E-state index contributed by atoms with van der Waals surface area (Å²) in [5.41, 5.74) is 1.98. The molecule has 0 unspecified atom stereocenters. The Bertz CT molecular complexity index is 650. The molecular formula is C19H23BrN2O. The fourth-order valence-corrected chi connectivity index (χ4v) is 2.91. The number of carbonyl (C=O) groups is 1. The third kappa shape index (κ3) is 5.19. The summed E-state index contributed by atoms with van der Waals surface area (Å²) in [6.07, 6.45) is 0. The van der Waals surface area contributed by atoms with Crippen LogP contribution in [0, 0.1) is 5.41 Å². The Kier molecular flexibility index (Phi) is 5.97. The van der Waals surface area contributed by atoms with Crippen LogP contribution in [0.25, 0.3) is 0 Å². The van der Waals surface area contributed by atoms with Crippen LogP contribution in [0.2, 0.25) is 0 Å². The van der Waals surface area contributed by atoms with Crippen LogP contribution >= 0.6 is 15.9 Å². The Balaban J connectivity index is 2.02. The predicted octanol–water partition coefficient (Wildman–Crippen LogP) is 4.76. The van der Waals surface area contributed by atoms with Gasteiger partial charge in [-0.15, -0.1) is 0 Å². The van der Waals surface area contributed by atoms with Crippen molar-refractivity contribution in [3.05, 3.63) is 64.6 Å². The van der Waals surface area contributed by atoms with E-state index in [-0.39, 0.29) is 23.9 Å². The van der Waals surface area contributed by atoms with Crippen LogP contribution in [0.5, 0.6) is 0 Å². The first-order valence-corrected chi connectivity index (χ1v) is 8.50. The summed E-state index contributed by atoms with van der Waals surface area (Å²) in [7, 11) is 0. The van der Waals surface area contributed by atoms with Crippen LogP contribution in [-0.4, -0.2) is 12.5 Å². The molecule has 0 spiro atoms. The second-order valence-corrected chi connectivity index (χ2v) is 7.47. The highest BCUT2D eigenvalue weighted by Crippen LogP contribution is 2.32. The first-order valence-electron chi connectivity index (χ1n) is 7.70. The monoisotopic (exact) mass is 374 g/mol. The number of nitrogens with one attached hydrogen (secondary N) is 2. The minimum absolute atomic E-state index is 0.00889. The van der Waals surface area contributed by atoms with E-state index in [1.54, 1.807) is 0 Å². The summed E-state index contributed by atoms with van der Waals surface area (Å²) in [6, 6.07) is 17.9. The molecule has 2 aromatic carbocycles. The fraction of sp³-hybridized carbons (Fsp3) is 0.316. The molecule has 1 atom stereocenters. The van der Waals surface area contributed by atoms with Gasteiger partial charge in [0.1, 0.15) is 0 Å². The van der Waals surface area contributed by atoms with E-state index in [1.807, 2.05) is 42.5 Å². The van der Waals surface area contributed by atoms with Gasteiger partial charge < -0.3 is 10.6 Å². The van der Waals surface area contributed by atoms with Gasteiger partial charge in [0, 0.05) is 10.5 Å². The Morgan fingerprint density at radius 3 is 2.26 bits per heavy atom. The molecule has 2 rings (SSSR count). The highest BCUT2D eigenvalue weighted by molar-refractivity contribution is 9.10. The largest absolute Gasteiger partial charge is 0.324 e. The first-order chi connectivity index (χ1) is 10.9. The van der Waals surface area contributed by atoms with E-state index >= 15 is 0 Å². The Morgan fingerprint density at radius 1 is 1.04 bits per heavy atom. The molecule has 0 aliphatic rings. The molecular weight excluding hydrogens is 352 g/mol. The lowest BCUT2D eigenvalue weighted by molar-refractivity contribution is -0.115. The average Bonchev–Trinajstić information content (AvgIpc) is 2.49. The number of rotatable bonds is 5. The van der Waals surface area contributed by atoms with E-state index < -0.39 is 0 Å². The van der Waals surface area contributed by atoms with Gasteiger partial charge in [-0.05, 0) is 39.0 Å². The summed E-state index contributed by atoms with van der Waals surface area (Å²) in [5, 5.41) is 6.31. The van der Waals surface area contributed by atoms with Gasteiger partial charge in [-0.1, -0.05) is 63.2 Å². The van der Waals surface area contributed by atoms with Crippen LogP contribution < -0.4 is 10.6 Å². The van der Waals surface area contributed by atoms with Crippen molar-refractivity contribution in [2.24, 2.45) is 5.41 Å². The van der Waals surface area contributed by atoms with Crippen molar-refractivity contribution in [3.63, 3.8) is 0 Å². The van der Waals surface area contributed by atoms with E-state index in [4.69, 9.17) is 0 Å².